The molecule has 0 aliphatic carbocycles. The molecule has 1 aliphatic rings. The molecular weight excluding hydrogens is 263 g/mol. The molecule has 1 atom stereocenters. The van der Waals surface area contributed by atoms with Gasteiger partial charge in [-0.25, -0.2) is 9.18 Å². The number of halogens is 1. The van der Waals surface area contributed by atoms with E-state index in [0.717, 1.165) is 5.56 Å². The van der Waals surface area contributed by atoms with Crippen molar-refractivity contribution < 1.29 is 18.7 Å². The van der Waals surface area contributed by atoms with E-state index in [0.29, 0.717) is 19.5 Å². The summed E-state index contributed by atoms with van der Waals surface area (Å²) in [5.74, 6) is -0.449. The summed E-state index contributed by atoms with van der Waals surface area (Å²) in [5, 5.41) is 2.76. The molecule has 1 unspecified atom stereocenters. The van der Waals surface area contributed by atoms with Gasteiger partial charge >= 0.3 is 6.09 Å². The Bertz CT molecular complexity index is 490. The van der Waals surface area contributed by atoms with Crippen LogP contribution in [0.3, 0.4) is 0 Å². The van der Waals surface area contributed by atoms with Gasteiger partial charge < -0.3 is 15.0 Å². The molecule has 0 saturated carbocycles. The Morgan fingerprint density at radius 1 is 1.45 bits per heavy atom. The van der Waals surface area contributed by atoms with Crippen LogP contribution in [0, 0.1) is 5.82 Å². The van der Waals surface area contributed by atoms with Gasteiger partial charge in [0.1, 0.15) is 11.9 Å². The van der Waals surface area contributed by atoms with Gasteiger partial charge in [-0.1, -0.05) is 12.1 Å². The Morgan fingerprint density at radius 3 is 2.75 bits per heavy atom. The summed E-state index contributed by atoms with van der Waals surface area (Å²) < 4.78 is 17.8. The van der Waals surface area contributed by atoms with E-state index in [-0.39, 0.29) is 30.3 Å². The van der Waals surface area contributed by atoms with Gasteiger partial charge in [0.05, 0.1) is 13.0 Å². The predicted octanol–water partition coefficient (Wildman–Crippen LogP) is 1.33. The maximum Gasteiger partial charge on any atom is 0.409 e. The second kappa shape index (κ2) is 6.36. The highest BCUT2D eigenvalue weighted by Crippen LogP contribution is 2.11. The van der Waals surface area contributed by atoms with Crippen LogP contribution < -0.4 is 5.32 Å². The first-order chi connectivity index (χ1) is 9.54. The summed E-state index contributed by atoms with van der Waals surface area (Å²) in [7, 11) is 1.68. The lowest BCUT2D eigenvalue weighted by Crippen LogP contribution is -2.29. The molecule has 20 heavy (non-hydrogen) atoms. The molecule has 1 aromatic rings. The summed E-state index contributed by atoms with van der Waals surface area (Å²) in [4.78, 5) is 24.3. The lowest BCUT2D eigenvalue weighted by atomic mass is 10.1. The zero-order valence-electron chi connectivity index (χ0n) is 11.3. The molecule has 1 aromatic carbocycles. The van der Waals surface area contributed by atoms with Gasteiger partial charge in [-0.2, -0.15) is 0 Å². The molecule has 6 heteroatoms. The average Bonchev–Trinajstić information content (AvgIpc) is 2.71. The minimum absolute atomic E-state index is 0.130. The number of carbonyl (C=O) groups is 2. The van der Waals surface area contributed by atoms with Crippen molar-refractivity contribution in [3.8, 4) is 0 Å². The molecule has 1 heterocycles. The van der Waals surface area contributed by atoms with E-state index in [4.69, 9.17) is 4.74 Å². The van der Waals surface area contributed by atoms with Crippen molar-refractivity contribution >= 4 is 12.0 Å². The van der Waals surface area contributed by atoms with Crippen LogP contribution in [0.5, 0.6) is 0 Å². The monoisotopic (exact) mass is 280 g/mol. The summed E-state index contributed by atoms with van der Waals surface area (Å²) in [6.45, 7) is 0.998. The van der Waals surface area contributed by atoms with Crippen LogP contribution in [-0.4, -0.2) is 43.1 Å². The molecule has 0 radical (unpaired) electrons. The first kappa shape index (κ1) is 14.3. The van der Waals surface area contributed by atoms with Gasteiger partial charge in [0.25, 0.3) is 0 Å². The summed E-state index contributed by atoms with van der Waals surface area (Å²) in [5.41, 5.74) is 0.760. The molecule has 0 bridgehead atoms. The molecule has 0 spiro atoms. The first-order valence-electron chi connectivity index (χ1n) is 6.47. The van der Waals surface area contributed by atoms with Gasteiger partial charge in [-0.05, 0) is 17.7 Å². The Labute approximate surface area is 116 Å². The van der Waals surface area contributed by atoms with Gasteiger partial charge in [0.15, 0.2) is 0 Å². The number of rotatable bonds is 5. The molecule has 2 rings (SSSR count). The van der Waals surface area contributed by atoms with Crippen molar-refractivity contribution in [1.29, 1.82) is 0 Å². The Balaban J connectivity index is 1.68. The first-order valence-corrected chi connectivity index (χ1v) is 6.47. The number of likely N-dealkylation sites (N-methyl/N-ethyl adjacent to an activating group) is 1. The second-order valence-electron chi connectivity index (χ2n) is 4.83. The molecule has 108 valence electrons. The number of cyclic esters (lactones) is 1. The lowest BCUT2D eigenvalue weighted by Gasteiger charge is -2.09. The van der Waals surface area contributed by atoms with E-state index in [1.54, 1.807) is 19.2 Å². The molecular formula is C14H17FN2O3. The normalized spacial score (nSPS) is 18.0. The number of nitrogens with one attached hydrogen (secondary N) is 1. The van der Waals surface area contributed by atoms with Crippen LogP contribution in [0.4, 0.5) is 9.18 Å². The molecule has 1 saturated heterocycles. The van der Waals surface area contributed by atoms with Crippen molar-refractivity contribution in [2.24, 2.45) is 0 Å². The molecule has 2 amide bonds. The van der Waals surface area contributed by atoms with E-state index < -0.39 is 0 Å². The van der Waals surface area contributed by atoms with Gasteiger partial charge in [0, 0.05) is 20.0 Å². The largest absolute Gasteiger partial charge is 0.444 e. The maximum absolute atomic E-state index is 12.7. The zero-order chi connectivity index (χ0) is 14.5. The van der Waals surface area contributed by atoms with Crippen LogP contribution in [0.15, 0.2) is 24.3 Å². The third-order valence-corrected chi connectivity index (χ3v) is 3.12. The van der Waals surface area contributed by atoms with E-state index in [1.807, 2.05) is 0 Å². The van der Waals surface area contributed by atoms with Crippen molar-refractivity contribution in [3.05, 3.63) is 35.6 Å². The SMILES string of the molecule is CN1CC(CCNC(=O)Cc2ccc(F)cc2)OC1=O. The standard InChI is InChI=1S/C14H17FN2O3/c1-17-9-12(20-14(17)19)6-7-16-13(18)8-10-2-4-11(15)5-3-10/h2-5,12H,6-9H2,1H3,(H,16,18). The topological polar surface area (TPSA) is 58.6 Å². The van der Waals surface area contributed by atoms with E-state index in [2.05, 4.69) is 5.32 Å². The smallest absolute Gasteiger partial charge is 0.409 e. The molecule has 0 aromatic heterocycles. The summed E-state index contributed by atoms with van der Waals surface area (Å²) in [6.07, 6.45) is 0.307. The quantitative estimate of drug-likeness (QED) is 0.885. The van der Waals surface area contributed by atoms with Crippen LogP contribution in [0.2, 0.25) is 0 Å². The predicted molar refractivity (Wildman–Crippen MR) is 70.6 cm³/mol. The molecule has 1 aliphatic heterocycles. The van der Waals surface area contributed by atoms with Crippen LogP contribution >= 0.6 is 0 Å². The van der Waals surface area contributed by atoms with Crippen LogP contribution in [0.25, 0.3) is 0 Å². The third kappa shape index (κ3) is 3.94. The lowest BCUT2D eigenvalue weighted by molar-refractivity contribution is -0.120. The fourth-order valence-corrected chi connectivity index (χ4v) is 2.02. The van der Waals surface area contributed by atoms with E-state index >= 15 is 0 Å². The Hall–Kier alpha value is -2.11. The van der Waals surface area contributed by atoms with Crippen molar-refractivity contribution in [1.82, 2.24) is 10.2 Å². The maximum atomic E-state index is 12.7. The van der Waals surface area contributed by atoms with E-state index in [1.165, 1.54) is 17.0 Å². The number of amides is 2. The second-order valence-corrected chi connectivity index (χ2v) is 4.83. The van der Waals surface area contributed by atoms with Crippen LogP contribution in [0.1, 0.15) is 12.0 Å². The number of nitrogens with zero attached hydrogens (tertiary/aromatic N) is 1. The van der Waals surface area contributed by atoms with Crippen molar-refractivity contribution in [3.63, 3.8) is 0 Å². The van der Waals surface area contributed by atoms with Gasteiger partial charge in [0.2, 0.25) is 5.91 Å². The van der Waals surface area contributed by atoms with Gasteiger partial charge in [-0.3, -0.25) is 4.79 Å². The van der Waals surface area contributed by atoms with Gasteiger partial charge in [-0.15, -0.1) is 0 Å². The van der Waals surface area contributed by atoms with Crippen LogP contribution in [-0.2, 0) is 16.0 Å². The minimum Gasteiger partial charge on any atom is -0.444 e. The third-order valence-electron chi connectivity index (χ3n) is 3.12. The molecule has 1 fully saturated rings. The van der Waals surface area contributed by atoms with Crippen molar-refractivity contribution in [2.75, 3.05) is 20.1 Å². The number of benzene rings is 1. The summed E-state index contributed by atoms with van der Waals surface area (Å²) in [6, 6.07) is 5.83. The average molecular weight is 280 g/mol. The fourth-order valence-electron chi connectivity index (χ4n) is 2.02. The van der Waals surface area contributed by atoms with E-state index in [9.17, 15) is 14.0 Å². The number of hydrogen-bond acceptors (Lipinski definition) is 3. The Morgan fingerprint density at radius 2 is 2.15 bits per heavy atom. The number of carbonyl (C=O) groups excluding carboxylic acids is 2. The number of ether oxygens (including phenoxy) is 1. The zero-order valence-corrected chi connectivity index (χ0v) is 11.3. The highest BCUT2D eigenvalue weighted by atomic mass is 19.1. The summed E-state index contributed by atoms with van der Waals surface area (Å²) >= 11 is 0. The highest BCUT2D eigenvalue weighted by molar-refractivity contribution is 5.78. The molecule has 1 N–H and O–H groups in total. The van der Waals surface area contributed by atoms with Crippen molar-refractivity contribution in [2.45, 2.75) is 18.9 Å². The minimum atomic E-state index is -0.326. The number of hydrogen-bond donors (Lipinski definition) is 1. The molecule has 5 nitrogen and oxygen atoms in total. The fraction of sp³-hybridized carbons (Fsp3) is 0.429. The highest BCUT2D eigenvalue weighted by Gasteiger charge is 2.27. The Kier molecular flexibility index (Phi) is 4.55.